The molecule has 0 aliphatic rings. The Labute approximate surface area is 142 Å². The molecule has 0 bridgehead atoms. The summed E-state index contributed by atoms with van der Waals surface area (Å²) in [6.45, 7) is 10.4. The van der Waals surface area contributed by atoms with Gasteiger partial charge in [-0.3, -0.25) is 0 Å². The predicted octanol–water partition coefficient (Wildman–Crippen LogP) is 2.06. The third-order valence-electron chi connectivity index (χ3n) is 2.72. The molecule has 1 rings (SSSR count). The van der Waals surface area contributed by atoms with Crippen LogP contribution < -0.4 is 10.6 Å². The second-order valence-electron chi connectivity index (χ2n) is 4.61. The molecule has 3 N–H and O–H groups in total. The average molecular weight is 412 g/mol. The summed E-state index contributed by atoms with van der Waals surface area (Å²) < 4.78 is 0. The van der Waals surface area contributed by atoms with Crippen molar-refractivity contribution >= 4 is 41.3 Å². The number of halogens is 1. The van der Waals surface area contributed by atoms with Gasteiger partial charge in [0.1, 0.15) is 5.01 Å². The average Bonchev–Trinajstić information content (AvgIpc) is 2.71. The van der Waals surface area contributed by atoms with Crippen LogP contribution >= 0.6 is 35.3 Å². The van der Waals surface area contributed by atoms with Gasteiger partial charge in [0.2, 0.25) is 0 Å². The van der Waals surface area contributed by atoms with Gasteiger partial charge in [-0.15, -0.1) is 35.3 Å². The van der Waals surface area contributed by atoms with Crippen molar-refractivity contribution in [3.63, 3.8) is 0 Å². The van der Waals surface area contributed by atoms with E-state index in [0.29, 0.717) is 13.1 Å². The summed E-state index contributed by atoms with van der Waals surface area (Å²) in [4.78, 5) is 10.2. The molecule has 1 atom stereocenters. The number of nitrogens with zero attached hydrogens (tertiary/aromatic N) is 2. The molecule has 0 spiro atoms. The zero-order valence-electron chi connectivity index (χ0n) is 12.6. The standard InChI is InChI=1S/C13H24N4OS.HI/c1-5-14-13(15-6-9(2)8-18)16-7-12-17-10(3)11(4)19-12;/h9,18H,5-8H2,1-4H3,(H2,14,15,16);1H. The Morgan fingerprint density at radius 3 is 2.60 bits per heavy atom. The van der Waals surface area contributed by atoms with Crippen molar-refractivity contribution in [1.82, 2.24) is 15.6 Å². The lowest BCUT2D eigenvalue weighted by atomic mass is 10.2. The smallest absolute Gasteiger partial charge is 0.191 e. The number of rotatable bonds is 6. The van der Waals surface area contributed by atoms with E-state index in [9.17, 15) is 0 Å². The Hall–Kier alpha value is -0.410. The number of aromatic nitrogens is 1. The highest BCUT2D eigenvalue weighted by Gasteiger charge is 2.05. The molecule has 0 saturated heterocycles. The molecular weight excluding hydrogens is 387 g/mol. The van der Waals surface area contributed by atoms with Crippen molar-refractivity contribution in [2.75, 3.05) is 19.7 Å². The highest BCUT2D eigenvalue weighted by Crippen LogP contribution is 2.16. The fraction of sp³-hybridized carbons (Fsp3) is 0.692. The van der Waals surface area contributed by atoms with Crippen molar-refractivity contribution in [2.45, 2.75) is 34.2 Å². The number of aliphatic hydroxyl groups excluding tert-OH is 1. The summed E-state index contributed by atoms with van der Waals surface area (Å²) in [6.07, 6.45) is 0. The van der Waals surface area contributed by atoms with Crippen LogP contribution in [0.5, 0.6) is 0 Å². The van der Waals surface area contributed by atoms with E-state index >= 15 is 0 Å². The van der Waals surface area contributed by atoms with E-state index in [2.05, 4.69) is 27.5 Å². The molecule has 1 aromatic heterocycles. The lowest BCUT2D eigenvalue weighted by Crippen LogP contribution is -2.39. The van der Waals surface area contributed by atoms with E-state index < -0.39 is 0 Å². The van der Waals surface area contributed by atoms with Gasteiger partial charge in [0.15, 0.2) is 5.96 Å². The summed E-state index contributed by atoms with van der Waals surface area (Å²) in [5, 5.41) is 16.4. The maximum Gasteiger partial charge on any atom is 0.191 e. The van der Waals surface area contributed by atoms with Crippen molar-refractivity contribution in [3.05, 3.63) is 15.6 Å². The fourth-order valence-electron chi connectivity index (χ4n) is 1.43. The van der Waals surface area contributed by atoms with E-state index in [4.69, 9.17) is 5.11 Å². The quantitative estimate of drug-likeness (QED) is 0.380. The second-order valence-corrected chi connectivity index (χ2v) is 5.90. The van der Waals surface area contributed by atoms with Crippen LogP contribution in [-0.2, 0) is 6.54 Å². The number of guanidine groups is 1. The summed E-state index contributed by atoms with van der Waals surface area (Å²) >= 11 is 1.69. The summed E-state index contributed by atoms with van der Waals surface area (Å²) in [6, 6.07) is 0. The number of aliphatic imine (C=N–C) groups is 1. The number of aryl methyl sites for hydroxylation is 2. The van der Waals surface area contributed by atoms with Crippen molar-refractivity contribution in [2.24, 2.45) is 10.9 Å². The third kappa shape index (κ3) is 6.85. The van der Waals surface area contributed by atoms with Gasteiger partial charge in [0.05, 0.1) is 12.2 Å². The number of hydrogen-bond acceptors (Lipinski definition) is 4. The summed E-state index contributed by atoms with van der Waals surface area (Å²) in [5.74, 6) is 0.988. The van der Waals surface area contributed by atoms with Crippen LogP contribution in [0.15, 0.2) is 4.99 Å². The van der Waals surface area contributed by atoms with E-state index in [1.807, 2.05) is 20.8 Å². The van der Waals surface area contributed by atoms with Crippen molar-refractivity contribution in [1.29, 1.82) is 0 Å². The van der Waals surface area contributed by atoms with Gasteiger partial charge in [-0.25, -0.2) is 9.98 Å². The van der Waals surface area contributed by atoms with E-state index in [0.717, 1.165) is 23.2 Å². The van der Waals surface area contributed by atoms with Crippen LogP contribution in [0.3, 0.4) is 0 Å². The highest BCUT2D eigenvalue weighted by atomic mass is 127. The first-order chi connectivity index (χ1) is 9.06. The second kappa shape index (κ2) is 10.3. The topological polar surface area (TPSA) is 69.5 Å². The van der Waals surface area contributed by atoms with E-state index in [1.165, 1.54) is 4.88 Å². The first kappa shape index (κ1) is 19.6. The monoisotopic (exact) mass is 412 g/mol. The molecule has 20 heavy (non-hydrogen) atoms. The molecule has 1 aromatic rings. The van der Waals surface area contributed by atoms with Crippen LogP contribution in [0.2, 0.25) is 0 Å². The van der Waals surface area contributed by atoms with Crippen LogP contribution in [0.25, 0.3) is 0 Å². The van der Waals surface area contributed by atoms with Gasteiger partial charge in [-0.1, -0.05) is 6.92 Å². The highest BCUT2D eigenvalue weighted by molar-refractivity contribution is 14.0. The molecular formula is C13H25IN4OS. The Morgan fingerprint density at radius 1 is 1.40 bits per heavy atom. The minimum atomic E-state index is 0. The number of aliphatic hydroxyl groups is 1. The molecule has 0 aliphatic heterocycles. The van der Waals surface area contributed by atoms with Crippen LogP contribution in [0.4, 0.5) is 0 Å². The first-order valence-corrected chi connectivity index (χ1v) is 7.44. The Kier molecular flexibility index (Phi) is 10.1. The predicted molar refractivity (Wildman–Crippen MR) is 96.1 cm³/mol. The van der Waals surface area contributed by atoms with Crippen LogP contribution in [0, 0.1) is 19.8 Å². The molecule has 1 unspecified atom stereocenters. The first-order valence-electron chi connectivity index (χ1n) is 6.62. The molecule has 0 fully saturated rings. The fourth-order valence-corrected chi connectivity index (χ4v) is 2.29. The molecule has 0 amide bonds. The lowest BCUT2D eigenvalue weighted by Gasteiger charge is -2.13. The maximum atomic E-state index is 9.01. The molecule has 0 aliphatic carbocycles. The van der Waals surface area contributed by atoms with Gasteiger partial charge < -0.3 is 15.7 Å². The van der Waals surface area contributed by atoms with Gasteiger partial charge in [0.25, 0.3) is 0 Å². The lowest BCUT2D eigenvalue weighted by molar-refractivity contribution is 0.238. The summed E-state index contributed by atoms with van der Waals surface area (Å²) in [5.41, 5.74) is 1.09. The van der Waals surface area contributed by atoms with Crippen LogP contribution in [0.1, 0.15) is 29.4 Å². The maximum absolute atomic E-state index is 9.01. The minimum absolute atomic E-state index is 0. The van der Waals surface area contributed by atoms with E-state index in [1.54, 1.807) is 11.3 Å². The third-order valence-corrected chi connectivity index (χ3v) is 3.78. The van der Waals surface area contributed by atoms with Gasteiger partial charge >= 0.3 is 0 Å². The molecule has 0 aromatic carbocycles. The Balaban J connectivity index is 0.00000361. The zero-order chi connectivity index (χ0) is 14.3. The largest absolute Gasteiger partial charge is 0.396 e. The molecule has 1 heterocycles. The number of thiazole rings is 1. The Morgan fingerprint density at radius 2 is 2.10 bits per heavy atom. The van der Waals surface area contributed by atoms with Gasteiger partial charge in [-0.2, -0.15) is 0 Å². The Bertz CT molecular complexity index is 403. The zero-order valence-corrected chi connectivity index (χ0v) is 15.7. The molecule has 0 radical (unpaired) electrons. The minimum Gasteiger partial charge on any atom is -0.396 e. The normalized spacial score (nSPS) is 12.8. The number of nitrogens with one attached hydrogen (secondary N) is 2. The molecule has 5 nitrogen and oxygen atoms in total. The van der Waals surface area contributed by atoms with Crippen molar-refractivity contribution in [3.8, 4) is 0 Å². The van der Waals surface area contributed by atoms with E-state index in [-0.39, 0.29) is 36.5 Å². The van der Waals surface area contributed by atoms with Gasteiger partial charge in [0, 0.05) is 24.6 Å². The molecule has 0 saturated carbocycles. The van der Waals surface area contributed by atoms with Crippen LogP contribution in [-0.4, -0.2) is 35.7 Å². The summed E-state index contributed by atoms with van der Waals surface area (Å²) in [7, 11) is 0. The molecule has 7 heteroatoms. The van der Waals surface area contributed by atoms with Crippen molar-refractivity contribution < 1.29 is 5.11 Å². The van der Waals surface area contributed by atoms with Gasteiger partial charge in [-0.05, 0) is 26.7 Å². The number of hydrogen-bond donors (Lipinski definition) is 3. The molecule has 116 valence electrons. The SMILES string of the molecule is CCNC(=NCc1nc(C)c(C)s1)NCC(C)CO.I.